The van der Waals surface area contributed by atoms with Gasteiger partial charge in [0.15, 0.2) is 0 Å². The zero-order chi connectivity index (χ0) is 13.3. The maximum Gasteiger partial charge on any atom is 0.146 e. The summed E-state index contributed by atoms with van der Waals surface area (Å²) in [7, 11) is 0. The quantitative estimate of drug-likeness (QED) is 0.192. The highest BCUT2D eigenvalue weighted by Gasteiger charge is 1.91. The van der Waals surface area contributed by atoms with Gasteiger partial charge in [0.25, 0.3) is 0 Å². The summed E-state index contributed by atoms with van der Waals surface area (Å²) in [6, 6.07) is 0. The first-order valence-electron chi connectivity index (χ1n) is 7.28. The van der Waals surface area contributed by atoms with Gasteiger partial charge in [-0.1, -0.05) is 67.1 Å². The van der Waals surface area contributed by atoms with E-state index in [9.17, 15) is 0 Å². The summed E-state index contributed by atoms with van der Waals surface area (Å²) in [6.45, 7) is 4.29. The van der Waals surface area contributed by atoms with E-state index in [1.165, 1.54) is 32.1 Å². The van der Waals surface area contributed by atoms with Gasteiger partial charge in [-0.25, -0.2) is 0 Å². The average molecular weight is 321 g/mol. The lowest BCUT2D eigenvalue weighted by Crippen LogP contribution is -2.02. The van der Waals surface area contributed by atoms with Crippen molar-refractivity contribution < 1.29 is 9.47 Å². The minimum atomic E-state index is 0.446. The van der Waals surface area contributed by atoms with Crippen LogP contribution in [0.5, 0.6) is 0 Å². The first-order chi connectivity index (χ1) is 8.91. The van der Waals surface area contributed by atoms with Crippen molar-refractivity contribution >= 4 is 15.9 Å². The van der Waals surface area contributed by atoms with Crippen LogP contribution in [0.25, 0.3) is 0 Å². The van der Waals surface area contributed by atoms with Crippen LogP contribution in [0.15, 0.2) is 12.2 Å². The largest absolute Gasteiger partial charge is 0.355 e. The number of hydrogen-bond donors (Lipinski definition) is 0. The number of hydrogen-bond acceptors (Lipinski definition) is 2. The number of alkyl halides is 1. The topological polar surface area (TPSA) is 18.5 Å². The van der Waals surface area contributed by atoms with Gasteiger partial charge >= 0.3 is 0 Å². The molecule has 0 saturated heterocycles. The van der Waals surface area contributed by atoms with E-state index >= 15 is 0 Å². The molecular weight excluding hydrogens is 292 g/mol. The van der Waals surface area contributed by atoms with E-state index in [0.29, 0.717) is 6.79 Å². The molecule has 0 fully saturated rings. The summed E-state index contributed by atoms with van der Waals surface area (Å²) in [5.74, 6) is 0. The van der Waals surface area contributed by atoms with Crippen LogP contribution >= 0.6 is 15.9 Å². The molecule has 2 nitrogen and oxygen atoms in total. The molecule has 0 saturated carbocycles. The SMILES string of the molecule is CCCCCCCCOCOCC/C=C/CCBr. The molecule has 0 aliphatic carbocycles. The van der Waals surface area contributed by atoms with Crippen molar-refractivity contribution in [2.75, 3.05) is 25.3 Å². The second-order valence-electron chi connectivity index (χ2n) is 4.44. The zero-order valence-corrected chi connectivity index (χ0v) is 13.4. The van der Waals surface area contributed by atoms with Crippen LogP contribution in [0.3, 0.4) is 0 Å². The van der Waals surface area contributed by atoms with Crippen LogP contribution in [-0.2, 0) is 9.47 Å². The molecule has 0 N–H and O–H groups in total. The number of unbranched alkanes of at least 4 members (excludes halogenated alkanes) is 5. The first kappa shape index (κ1) is 18.1. The molecule has 0 rings (SSSR count). The van der Waals surface area contributed by atoms with Gasteiger partial charge in [-0.05, 0) is 19.3 Å². The zero-order valence-electron chi connectivity index (χ0n) is 11.8. The third-order valence-corrected chi connectivity index (χ3v) is 3.14. The van der Waals surface area contributed by atoms with E-state index < -0.39 is 0 Å². The van der Waals surface area contributed by atoms with Crippen LogP contribution in [0.4, 0.5) is 0 Å². The molecule has 0 unspecified atom stereocenters. The second kappa shape index (κ2) is 17.1. The third kappa shape index (κ3) is 16.1. The van der Waals surface area contributed by atoms with Crippen molar-refractivity contribution in [3.8, 4) is 0 Å². The smallest absolute Gasteiger partial charge is 0.146 e. The fourth-order valence-electron chi connectivity index (χ4n) is 1.61. The van der Waals surface area contributed by atoms with E-state index in [4.69, 9.17) is 9.47 Å². The standard InChI is InChI=1S/C15H29BrO2/c1-2-3-4-5-7-10-13-17-15-18-14-11-8-6-9-12-16/h6,8H,2-5,7,9-15H2,1H3/b8-6+. The molecule has 0 aliphatic heterocycles. The maximum absolute atomic E-state index is 5.41. The van der Waals surface area contributed by atoms with Crippen LogP contribution in [0.2, 0.25) is 0 Å². The highest BCUT2D eigenvalue weighted by Crippen LogP contribution is 2.04. The molecule has 0 aromatic rings. The normalized spacial score (nSPS) is 11.4. The highest BCUT2D eigenvalue weighted by atomic mass is 79.9. The number of ether oxygens (including phenoxy) is 2. The summed E-state index contributed by atoms with van der Waals surface area (Å²) in [4.78, 5) is 0. The van der Waals surface area contributed by atoms with Crippen molar-refractivity contribution in [1.82, 2.24) is 0 Å². The molecule has 0 aromatic heterocycles. The van der Waals surface area contributed by atoms with Gasteiger partial charge in [-0.15, -0.1) is 0 Å². The van der Waals surface area contributed by atoms with Crippen LogP contribution in [0, 0.1) is 0 Å². The summed E-state index contributed by atoms with van der Waals surface area (Å²) in [6.07, 6.45) is 14.3. The Balaban J connectivity index is 2.94. The van der Waals surface area contributed by atoms with Gasteiger partial charge in [0.1, 0.15) is 6.79 Å². The highest BCUT2D eigenvalue weighted by molar-refractivity contribution is 9.09. The number of rotatable bonds is 14. The average Bonchev–Trinajstić information content (AvgIpc) is 2.39. The molecule has 0 radical (unpaired) electrons. The molecule has 0 aliphatic rings. The Morgan fingerprint density at radius 2 is 1.50 bits per heavy atom. The molecule has 0 heterocycles. The van der Waals surface area contributed by atoms with Crippen LogP contribution in [0.1, 0.15) is 58.3 Å². The van der Waals surface area contributed by atoms with Crippen LogP contribution < -0.4 is 0 Å². The molecular formula is C15H29BrO2. The number of halogens is 1. The van der Waals surface area contributed by atoms with Crippen molar-refractivity contribution in [1.29, 1.82) is 0 Å². The predicted octanol–water partition coefficient (Wildman–Crippen LogP) is 5.07. The van der Waals surface area contributed by atoms with Crippen molar-refractivity contribution in [2.45, 2.75) is 58.3 Å². The van der Waals surface area contributed by atoms with Gasteiger partial charge in [-0.3, -0.25) is 0 Å². The van der Waals surface area contributed by atoms with E-state index in [0.717, 1.165) is 37.8 Å². The van der Waals surface area contributed by atoms with Gasteiger partial charge in [0.2, 0.25) is 0 Å². The lowest BCUT2D eigenvalue weighted by atomic mass is 10.1. The minimum Gasteiger partial charge on any atom is -0.355 e. The van der Waals surface area contributed by atoms with Crippen molar-refractivity contribution in [3.05, 3.63) is 12.2 Å². The van der Waals surface area contributed by atoms with E-state index in [1.54, 1.807) is 0 Å². The van der Waals surface area contributed by atoms with Gasteiger partial charge in [0.05, 0.1) is 6.61 Å². The van der Waals surface area contributed by atoms with E-state index in [-0.39, 0.29) is 0 Å². The predicted molar refractivity (Wildman–Crippen MR) is 82.3 cm³/mol. The molecule has 0 atom stereocenters. The molecule has 0 aromatic carbocycles. The minimum absolute atomic E-state index is 0.446. The maximum atomic E-state index is 5.41. The monoisotopic (exact) mass is 320 g/mol. The van der Waals surface area contributed by atoms with Gasteiger partial charge < -0.3 is 9.47 Å². The van der Waals surface area contributed by atoms with Gasteiger partial charge in [-0.2, -0.15) is 0 Å². The summed E-state index contributed by atoms with van der Waals surface area (Å²) < 4.78 is 10.8. The summed E-state index contributed by atoms with van der Waals surface area (Å²) >= 11 is 3.38. The first-order valence-corrected chi connectivity index (χ1v) is 8.40. The lowest BCUT2D eigenvalue weighted by Gasteiger charge is -2.04. The Bertz CT molecular complexity index is 172. The van der Waals surface area contributed by atoms with E-state index in [2.05, 4.69) is 35.0 Å². The number of allylic oxidation sites excluding steroid dienone is 1. The molecule has 0 amide bonds. The lowest BCUT2D eigenvalue weighted by molar-refractivity contribution is -0.0531. The Labute approximate surface area is 121 Å². The van der Waals surface area contributed by atoms with Crippen molar-refractivity contribution in [3.63, 3.8) is 0 Å². The Morgan fingerprint density at radius 1 is 0.833 bits per heavy atom. The second-order valence-corrected chi connectivity index (χ2v) is 5.23. The third-order valence-electron chi connectivity index (χ3n) is 2.68. The molecule has 18 heavy (non-hydrogen) atoms. The van der Waals surface area contributed by atoms with Crippen LogP contribution in [-0.4, -0.2) is 25.3 Å². The van der Waals surface area contributed by atoms with Gasteiger partial charge in [0, 0.05) is 11.9 Å². The molecule has 108 valence electrons. The molecule has 0 bridgehead atoms. The molecule has 3 heteroatoms. The van der Waals surface area contributed by atoms with E-state index in [1.807, 2.05) is 0 Å². The summed E-state index contributed by atoms with van der Waals surface area (Å²) in [5.41, 5.74) is 0. The Hall–Kier alpha value is 0.140. The Morgan fingerprint density at radius 3 is 2.28 bits per heavy atom. The van der Waals surface area contributed by atoms with Crippen molar-refractivity contribution in [2.24, 2.45) is 0 Å². The molecule has 0 spiro atoms. The Kier molecular flexibility index (Phi) is 17.3. The summed E-state index contributed by atoms with van der Waals surface area (Å²) in [5, 5.41) is 1.03. The fraction of sp³-hybridized carbons (Fsp3) is 0.867. The fourth-order valence-corrected chi connectivity index (χ4v) is 1.88.